The van der Waals surface area contributed by atoms with E-state index in [1.807, 2.05) is 24.3 Å². The number of pyridine rings is 1. The third kappa shape index (κ3) is 3.79. The number of halogens is 1. The number of rotatable bonds is 5. The van der Waals surface area contributed by atoms with Crippen molar-refractivity contribution >= 4 is 10.8 Å². The molecule has 2 aromatic carbocycles. The Balaban J connectivity index is 1.54. The van der Waals surface area contributed by atoms with Crippen LogP contribution >= 0.6 is 0 Å². The van der Waals surface area contributed by atoms with Crippen LogP contribution < -0.4 is 9.47 Å². The number of morpholine rings is 1. The molecule has 1 atom stereocenters. The third-order valence-corrected chi connectivity index (χ3v) is 5.06. The molecule has 6 heteroatoms. The van der Waals surface area contributed by atoms with Crippen molar-refractivity contribution in [2.45, 2.75) is 12.6 Å². The largest absolute Gasteiger partial charge is 0.493 e. The molecule has 1 aliphatic rings. The lowest BCUT2D eigenvalue weighted by atomic mass is 10.1. The van der Waals surface area contributed by atoms with E-state index < -0.39 is 0 Å². The van der Waals surface area contributed by atoms with Crippen molar-refractivity contribution in [3.8, 4) is 11.5 Å². The minimum atomic E-state index is -0.249. The van der Waals surface area contributed by atoms with E-state index in [2.05, 4.69) is 9.88 Å². The molecule has 146 valence electrons. The van der Waals surface area contributed by atoms with Crippen molar-refractivity contribution in [2.24, 2.45) is 0 Å². The van der Waals surface area contributed by atoms with E-state index in [0.717, 1.165) is 46.6 Å². The van der Waals surface area contributed by atoms with Gasteiger partial charge in [-0.3, -0.25) is 9.88 Å². The second-order valence-corrected chi connectivity index (χ2v) is 6.85. The molecule has 3 aromatic rings. The molecule has 1 saturated heterocycles. The number of benzene rings is 2. The highest BCUT2D eigenvalue weighted by atomic mass is 19.1. The van der Waals surface area contributed by atoms with Crippen molar-refractivity contribution < 1.29 is 18.6 Å². The van der Waals surface area contributed by atoms with Crippen LogP contribution in [0, 0.1) is 5.82 Å². The van der Waals surface area contributed by atoms with Crippen molar-refractivity contribution in [3.05, 3.63) is 65.7 Å². The molecule has 0 saturated carbocycles. The monoisotopic (exact) mass is 382 g/mol. The van der Waals surface area contributed by atoms with E-state index in [1.165, 1.54) is 12.1 Å². The molecule has 1 aliphatic heterocycles. The van der Waals surface area contributed by atoms with Crippen LogP contribution in [0.15, 0.2) is 48.7 Å². The zero-order chi connectivity index (χ0) is 19.5. The fourth-order valence-electron chi connectivity index (χ4n) is 3.65. The summed E-state index contributed by atoms with van der Waals surface area (Å²) in [5.74, 6) is 1.23. The molecule has 0 aliphatic carbocycles. The molecule has 0 spiro atoms. The molecular weight excluding hydrogens is 359 g/mol. The van der Waals surface area contributed by atoms with Crippen LogP contribution in [0.4, 0.5) is 4.39 Å². The summed E-state index contributed by atoms with van der Waals surface area (Å²) in [5, 5.41) is 1.75. The van der Waals surface area contributed by atoms with E-state index in [1.54, 1.807) is 26.5 Å². The number of nitrogens with zero attached hydrogens (tertiary/aromatic N) is 2. The maximum absolute atomic E-state index is 13.6. The average Bonchev–Trinajstić information content (AvgIpc) is 2.73. The van der Waals surface area contributed by atoms with Gasteiger partial charge in [0.2, 0.25) is 0 Å². The van der Waals surface area contributed by atoms with Gasteiger partial charge in [0.1, 0.15) is 11.9 Å². The SMILES string of the molecule is COc1cccc(CN2CCO[C@H](c3cc4cc(F)ccc4cn3)C2)c1OC. The minimum absolute atomic E-state index is 0.155. The highest BCUT2D eigenvalue weighted by Gasteiger charge is 2.24. The summed E-state index contributed by atoms with van der Waals surface area (Å²) in [6, 6.07) is 12.5. The quantitative estimate of drug-likeness (QED) is 0.668. The normalized spacial score (nSPS) is 17.6. The first kappa shape index (κ1) is 18.7. The van der Waals surface area contributed by atoms with Crippen LogP contribution in [0.5, 0.6) is 11.5 Å². The maximum Gasteiger partial charge on any atom is 0.165 e. The van der Waals surface area contributed by atoms with Crippen LogP contribution in [0.25, 0.3) is 10.8 Å². The van der Waals surface area contributed by atoms with Gasteiger partial charge in [-0.1, -0.05) is 12.1 Å². The predicted octanol–water partition coefficient (Wildman–Crippen LogP) is 3.96. The zero-order valence-corrected chi connectivity index (χ0v) is 16.0. The predicted molar refractivity (Wildman–Crippen MR) is 105 cm³/mol. The van der Waals surface area contributed by atoms with Crippen LogP contribution in [0.3, 0.4) is 0 Å². The number of methoxy groups -OCH3 is 2. The summed E-state index contributed by atoms with van der Waals surface area (Å²) in [5.41, 5.74) is 1.89. The molecule has 5 nitrogen and oxygen atoms in total. The first-order valence-corrected chi connectivity index (χ1v) is 9.27. The Bertz CT molecular complexity index is 979. The van der Waals surface area contributed by atoms with Crippen molar-refractivity contribution in [2.75, 3.05) is 33.9 Å². The number of hydrogen-bond acceptors (Lipinski definition) is 5. The minimum Gasteiger partial charge on any atom is -0.493 e. The first-order chi connectivity index (χ1) is 13.7. The summed E-state index contributed by atoms with van der Waals surface area (Å²) in [6.07, 6.45) is 1.62. The number of aromatic nitrogens is 1. The summed E-state index contributed by atoms with van der Waals surface area (Å²) in [4.78, 5) is 6.85. The maximum atomic E-state index is 13.6. The van der Waals surface area contributed by atoms with Gasteiger partial charge in [0.05, 0.1) is 26.5 Å². The zero-order valence-electron chi connectivity index (χ0n) is 16.0. The van der Waals surface area contributed by atoms with Gasteiger partial charge in [0.15, 0.2) is 11.5 Å². The summed E-state index contributed by atoms with van der Waals surface area (Å²) >= 11 is 0. The van der Waals surface area contributed by atoms with E-state index in [4.69, 9.17) is 14.2 Å². The second-order valence-electron chi connectivity index (χ2n) is 6.85. The van der Waals surface area contributed by atoms with E-state index in [9.17, 15) is 4.39 Å². The van der Waals surface area contributed by atoms with Gasteiger partial charge in [0, 0.05) is 36.8 Å². The average molecular weight is 382 g/mol. The van der Waals surface area contributed by atoms with E-state index >= 15 is 0 Å². The standard InChI is InChI=1S/C22H23FN2O3/c1-26-20-5-3-4-16(22(20)27-2)13-25-8-9-28-21(14-25)19-11-17-10-18(23)7-6-15(17)12-24-19/h3-7,10-12,21H,8-9,13-14H2,1-2H3/t21-/m0/s1. The molecule has 0 amide bonds. The van der Waals surface area contributed by atoms with Crippen LogP contribution in [0.2, 0.25) is 0 Å². The van der Waals surface area contributed by atoms with E-state index in [-0.39, 0.29) is 11.9 Å². The Morgan fingerprint density at radius 1 is 1.14 bits per heavy atom. The molecular formula is C22H23FN2O3. The topological polar surface area (TPSA) is 43.8 Å². The number of fused-ring (bicyclic) bond motifs is 1. The molecule has 1 aromatic heterocycles. The lowest BCUT2D eigenvalue weighted by Gasteiger charge is -2.33. The highest BCUT2D eigenvalue weighted by Crippen LogP contribution is 2.32. The van der Waals surface area contributed by atoms with Gasteiger partial charge in [-0.05, 0) is 35.7 Å². The molecule has 0 bridgehead atoms. The van der Waals surface area contributed by atoms with Gasteiger partial charge in [-0.25, -0.2) is 4.39 Å². The first-order valence-electron chi connectivity index (χ1n) is 9.27. The smallest absolute Gasteiger partial charge is 0.165 e. The number of para-hydroxylation sites is 1. The molecule has 1 fully saturated rings. The Labute approximate surface area is 163 Å². The Morgan fingerprint density at radius 3 is 2.86 bits per heavy atom. The van der Waals surface area contributed by atoms with Gasteiger partial charge in [-0.15, -0.1) is 0 Å². The lowest BCUT2D eigenvalue weighted by Crippen LogP contribution is -2.38. The third-order valence-electron chi connectivity index (χ3n) is 5.06. The molecule has 2 heterocycles. The van der Waals surface area contributed by atoms with Gasteiger partial charge in [0.25, 0.3) is 0 Å². The Morgan fingerprint density at radius 2 is 2.04 bits per heavy atom. The van der Waals surface area contributed by atoms with Gasteiger partial charge >= 0.3 is 0 Å². The Hall–Kier alpha value is -2.70. The van der Waals surface area contributed by atoms with Crippen LogP contribution in [0.1, 0.15) is 17.4 Å². The molecule has 0 N–H and O–H groups in total. The Kier molecular flexibility index (Phi) is 5.41. The molecule has 28 heavy (non-hydrogen) atoms. The van der Waals surface area contributed by atoms with Crippen molar-refractivity contribution in [1.29, 1.82) is 0 Å². The summed E-state index contributed by atoms with van der Waals surface area (Å²) in [6.45, 7) is 2.86. The number of ether oxygens (including phenoxy) is 3. The van der Waals surface area contributed by atoms with Crippen LogP contribution in [-0.4, -0.2) is 43.8 Å². The van der Waals surface area contributed by atoms with E-state index in [0.29, 0.717) is 13.2 Å². The fourth-order valence-corrected chi connectivity index (χ4v) is 3.65. The van der Waals surface area contributed by atoms with Gasteiger partial charge < -0.3 is 14.2 Å². The summed E-state index contributed by atoms with van der Waals surface area (Å²) in [7, 11) is 3.29. The lowest BCUT2D eigenvalue weighted by molar-refractivity contribution is -0.0351. The van der Waals surface area contributed by atoms with Crippen molar-refractivity contribution in [3.63, 3.8) is 0 Å². The molecule has 0 radical (unpaired) electrons. The number of hydrogen-bond donors (Lipinski definition) is 0. The second kappa shape index (κ2) is 8.12. The fraction of sp³-hybridized carbons (Fsp3) is 0.318. The van der Waals surface area contributed by atoms with Crippen molar-refractivity contribution in [1.82, 2.24) is 9.88 Å². The van der Waals surface area contributed by atoms with Gasteiger partial charge in [-0.2, -0.15) is 0 Å². The summed E-state index contributed by atoms with van der Waals surface area (Å²) < 4.78 is 30.5. The highest BCUT2D eigenvalue weighted by molar-refractivity contribution is 5.82. The molecule has 0 unspecified atom stereocenters. The van der Waals surface area contributed by atoms with Crippen LogP contribution in [-0.2, 0) is 11.3 Å². The molecule has 4 rings (SSSR count).